The molecule has 1 aliphatic heterocycles. The number of carbonyl (C=O) groups is 2. The molecule has 1 fully saturated rings. The summed E-state index contributed by atoms with van der Waals surface area (Å²) >= 11 is 0. The second-order valence-corrected chi connectivity index (χ2v) is 5.27. The molecular formula is C12H19N5O4. The molecule has 1 aliphatic rings. The lowest BCUT2D eigenvalue weighted by Crippen LogP contribution is -2.54. The van der Waals surface area contributed by atoms with E-state index in [1.54, 1.807) is 0 Å². The third-order valence-electron chi connectivity index (χ3n) is 3.24. The normalized spacial score (nSPS) is 21.8. The van der Waals surface area contributed by atoms with Gasteiger partial charge in [0.05, 0.1) is 24.9 Å². The minimum absolute atomic E-state index is 0.119. The van der Waals surface area contributed by atoms with E-state index in [9.17, 15) is 9.59 Å². The number of urea groups is 1. The van der Waals surface area contributed by atoms with Crippen LogP contribution in [0.2, 0.25) is 0 Å². The van der Waals surface area contributed by atoms with Crippen LogP contribution in [0, 0.1) is 0 Å². The van der Waals surface area contributed by atoms with Gasteiger partial charge in [0.1, 0.15) is 0 Å². The Morgan fingerprint density at radius 2 is 2.38 bits per heavy atom. The van der Waals surface area contributed by atoms with E-state index in [0.29, 0.717) is 19.7 Å². The van der Waals surface area contributed by atoms with Gasteiger partial charge in [-0.15, -0.1) is 5.10 Å². The van der Waals surface area contributed by atoms with Crippen LogP contribution in [-0.2, 0) is 11.3 Å². The largest absolute Gasteiger partial charge is 0.476 e. The molecule has 1 atom stereocenters. The third kappa shape index (κ3) is 4.42. The second-order valence-electron chi connectivity index (χ2n) is 5.27. The SMILES string of the molecule is CC1(NC(=O)NCCn2cc(C(=O)O)nn2)CCCOC1. The Kier molecular flexibility index (Phi) is 4.73. The fourth-order valence-corrected chi connectivity index (χ4v) is 2.14. The maximum atomic E-state index is 11.8. The Morgan fingerprint density at radius 1 is 1.57 bits per heavy atom. The molecule has 3 N–H and O–H groups in total. The molecule has 0 aromatic carbocycles. The minimum atomic E-state index is -1.13. The zero-order chi connectivity index (χ0) is 15.3. The number of nitrogens with one attached hydrogen (secondary N) is 2. The molecule has 0 spiro atoms. The molecule has 9 heteroatoms. The van der Waals surface area contributed by atoms with E-state index in [-0.39, 0.29) is 17.3 Å². The fraction of sp³-hybridized carbons (Fsp3) is 0.667. The fourth-order valence-electron chi connectivity index (χ4n) is 2.14. The Labute approximate surface area is 121 Å². The number of ether oxygens (including phenoxy) is 1. The first-order valence-corrected chi connectivity index (χ1v) is 6.76. The van der Waals surface area contributed by atoms with Gasteiger partial charge in [0.15, 0.2) is 5.69 Å². The molecule has 0 aliphatic carbocycles. The second kappa shape index (κ2) is 6.53. The zero-order valence-corrected chi connectivity index (χ0v) is 11.8. The van der Waals surface area contributed by atoms with Crippen LogP contribution in [0.4, 0.5) is 4.79 Å². The van der Waals surface area contributed by atoms with Gasteiger partial charge in [-0.05, 0) is 19.8 Å². The van der Waals surface area contributed by atoms with Crippen molar-refractivity contribution < 1.29 is 19.4 Å². The smallest absolute Gasteiger partial charge is 0.358 e. The third-order valence-corrected chi connectivity index (χ3v) is 3.24. The molecule has 1 aromatic rings. The maximum Gasteiger partial charge on any atom is 0.358 e. The molecule has 1 unspecified atom stereocenters. The quantitative estimate of drug-likeness (QED) is 0.695. The standard InChI is InChI=1S/C12H19N5O4/c1-12(3-2-6-21-8-12)14-11(20)13-4-5-17-7-9(10(18)19)15-16-17/h7H,2-6,8H2,1H3,(H,18,19)(H2,13,14,20). The van der Waals surface area contributed by atoms with Crippen molar-refractivity contribution in [3.8, 4) is 0 Å². The number of carboxylic acids is 1. The highest BCUT2D eigenvalue weighted by Gasteiger charge is 2.29. The summed E-state index contributed by atoms with van der Waals surface area (Å²) in [6.45, 7) is 3.86. The lowest BCUT2D eigenvalue weighted by molar-refractivity contribution is 0.0333. The van der Waals surface area contributed by atoms with Crippen LogP contribution in [0.3, 0.4) is 0 Å². The van der Waals surface area contributed by atoms with Gasteiger partial charge in [-0.1, -0.05) is 5.21 Å². The molecule has 2 amide bonds. The van der Waals surface area contributed by atoms with Gasteiger partial charge in [0.25, 0.3) is 0 Å². The summed E-state index contributed by atoms with van der Waals surface area (Å²) in [6, 6.07) is -0.276. The van der Waals surface area contributed by atoms with E-state index in [1.807, 2.05) is 6.92 Å². The van der Waals surface area contributed by atoms with Gasteiger partial charge in [0, 0.05) is 13.2 Å². The monoisotopic (exact) mass is 297 g/mol. The van der Waals surface area contributed by atoms with Crippen LogP contribution in [0.1, 0.15) is 30.3 Å². The first kappa shape index (κ1) is 15.2. The highest BCUT2D eigenvalue weighted by molar-refractivity contribution is 5.84. The van der Waals surface area contributed by atoms with Crippen molar-refractivity contribution in [1.29, 1.82) is 0 Å². The predicted molar refractivity (Wildman–Crippen MR) is 72.0 cm³/mol. The van der Waals surface area contributed by atoms with Gasteiger partial charge >= 0.3 is 12.0 Å². The van der Waals surface area contributed by atoms with E-state index in [1.165, 1.54) is 10.9 Å². The van der Waals surface area contributed by atoms with Gasteiger partial charge in [-0.2, -0.15) is 0 Å². The molecule has 0 radical (unpaired) electrons. The minimum Gasteiger partial charge on any atom is -0.476 e. The molecule has 2 rings (SSSR count). The summed E-state index contributed by atoms with van der Waals surface area (Å²) in [5.74, 6) is -1.13. The van der Waals surface area contributed by atoms with Crippen molar-refractivity contribution in [3.05, 3.63) is 11.9 Å². The summed E-state index contributed by atoms with van der Waals surface area (Å²) in [5, 5.41) is 21.5. The number of carbonyl (C=O) groups excluding carboxylic acids is 1. The van der Waals surface area contributed by atoms with Gasteiger partial charge < -0.3 is 20.5 Å². The van der Waals surface area contributed by atoms with Crippen LogP contribution < -0.4 is 10.6 Å². The molecule has 1 aromatic heterocycles. The number of hydrogen-bond acceptors (Lipinski definition) is 5. The first-order chi connectivity index (χ1) is 9.98. The molecule has 0 bridgehead atoms. The molecule has 116 valence electrons. The summed E-state index contributed by atoms with van der Waals surface area (Å²) < 4.78 is 6.73. The van der Waals surface area contributed by atoms with Crippen LogP contribution >= 0.6 is 0 Å². The van der Waals surface area contributed by atoms with Crippen LogP contribution in [0.15, 0.2) is 6.20 Å². The van der Waals surface area contributed by atoms with Crippen LogP contribution in [0.5, 0.6) is 0 Å². The van der Waals surface area contributed by atoms with Gasteiger partial charge in [-0.3, -0.25) is 0 Å². The van der Waals surface area contributed by atoms with Gasteiger partial charge in [0.2, 0.25) is 0 Å². The Morgan fingerprint density at radius 3 is 3.00 bits per heavy atom. The number of aromatic carboxylic acids is 1. The molecule has 1 saturated heterocycles. The van der Waals surface area contributed by atoms with Crippen molar-refractivity contribution in [3.63, 3.8) is 0 Å². The van der Waals surface area contributed by atoms with Crippen LogP contribution in [-0.4, -0.2) is 57.4 Å². The Hall–Kier alpha value is -2.16. The number of aromatic nitrogens is 3. The molecule has 9 nitrogen and oxygen atoms in total. The average Bonchev–Trinajstić information content (AvgIpc) is 2.88. The summed E-state index contributed by atoms with van der Waals surface area (Å²) in [7, 11) is 0. The molecule has 2 heterocycles. The van der Waals surface area contributed by atoms with Crippen molar-refractivity contribution >= 4 is 12.0 Å². The summed E-state index contributed by atoms with van der Waals surface area (Å²) in [5.41, 5.74) is -0.460. The van der Waals surface area contributed by atoms with E-state index < -0.39 is 5.97 Å². The van der Waals surface area contributed by atoms with Gasteiger partial charge in [-0.25, -0.2) is 14.3 Å². The molecule has 0 saturated carbocycles. The summed E-state index contributed by atoms with van der Waals surface area (Å²) in [4.78, 5) is 22.4. The van der Waals surface area contributed by atoms with Crippen molar-refractivity contribution in [2.24, 2.45) is 0 Å². The van der Waals surface area contributed by atoms with Crippen LogP contribution in [0.25, 0.3) is 0 Å². The van der Waals surface area contributed by atoms with E-state index in [0.717, 1.165) is 19.4 Å². The number of hydrogen-bond donors (Lipinski definition) is 3. The van der Waals surface area contributed by atoms with Crippen molar-refractivity contribution in [2.75, 3.05) is 19.8 Å². The molecule has 21 heavy (non-hydrogen) atoms. The summed E-state index contributed by atoms with van der Waals surface area (Å²) in [6.07, 6.45) is 3.12. The number of carboxylic acid groups (broad SMARTS) is 1. The lowest BCUT2D eigenvalue weighted by atomic mass is 9.95. The predicted octanol–water partition coefficient (Wildman–Crippen LogP) is -0.155. The number of nitrogens with zero attached hydrogens (tertiary/aromatic N) is 3. The average molecular weight is 297 g/mol. The number of rotatable bonds is 5. The first-order valence-electron chi connectivity index (χ1n) is 6.76. The zero-order valence-electron chi connectivity index (χ0n) is 11.8. The topological polar surface area (TPSA) is 118 Å². The number of amides is 2. The Balaban J connectivity index is 1.72. The highest BCUT2D eigenvalue weighted by Crippen LogP contribution is 2.17. The van der Waals surface area contributed by atoms with Crippen molar-refractivity contribution in [1.82, 2.24) is 25.6 Å². The highest BCUT2D eigenvalue weighted by atomic mass is 16.5. The maximum absolute atomic E-state index is 11.8. The van der Waals surface area contributed by atoms with E-state index in [2.05, 4.69) is 20.9 Å². The Bertz CT molecular complexity index is 510. The van der Waals surface area contributed by atoms with E-state index >= 15 is 0 Å². The molecular weight excluding hydrogens is 278 g/mol. The van der Waals surface area contributed by atoms with E-state index in [4.69, 9.17) is 9.84 Å². The van der Waals surface area contributed by atoms with Crippen molar-refractivity contribution in [2.45, 2.75) is 31.8 Å². The lowest BCUT2D eigenvalue weighted by Gasteiger charge is -2.34.